The number of hydrogen-bond donors (Lipinski definition) is 3. The minimum atomic E-state index is -0.866. The average Bonchev–Trinajstić information content (AvgIpc) is 3.67. The van der Waals surface area contributed by atoms with E-state index in [0.29, 0.717) is 71.1 Å². The molecule has 9 nitrogen and oxygen atoms in total. The highest BCUT2D eigenvalue weighted by atomic mass is 19.1. The summed E-state index contributed by atoms with van der Waals surface area (Å²) >= 11 is 0. The SMILES string of the molecule is CCC(=O)N1CC[C@@H](NC(=O)c2c(C)[nH]c3c(-c4cc(OC)c(F)cc4OCC4CC4)ccnc23)[C@H](O)C1. The van der Waals surface area contributed by atoms with Crippen molar-refractivity contribution in [1.29, 1.82) is 0 Å². The summed E-state index contributed by atoms with van der Waals surface area (Å²) in [5.41, 5.74) is 3.39. The van der Waals surface area contributed by atoms with Gasteiger partial charge in [0.2, 0.25) is 5.91 Å². The molecular formula is C28H33FN4O5. The van der Waals surface area contributed by atoms with Crippen molar-refractivity contribution in [2.75, 3.05) is 26.8 Å². The number of nitrogens with one attached hydrogen (secondary N) is 2. The van der Waals surface area contributed by atoms with Crippen molar-refractivity contribution >= 4 is 22.8 Å². The zero-order chi connectivity index (χ0) is 27.0. The number of benzene rings is 1. The minimum absolute atomic E-state index is 0.0177. The third kappa shape index (κ3) is 5.05. The fraction of sp³-hybridized carbons (Fsp3) is 0.464. The maximum atomic E-state index is 14.6. The number of likely N-dealkylation sites (tertiary alicyclic amines) is 1. The van der Waals surface area contributed by atoms with Gasteiger partial charge < -0.3 is 29.8 Å². The van der Waals surface area contributed by atoms with Gasteiger partial charge in [0.1, 0.15) is 11.3 Å². The molecule has 2 atom stereocenters. The molecule has 0 bridgehead atoms. The number of β-amino-alcohol motifs (C(OH)–C–C–N with tert-alkyl or cyclic N) is 1. The Balaban J connectivity index is 1.46. The standard InChI is InChI=1S/C28H33FN4O5/c1-4-24(35)33-10-8-20(21(34)13-33)32-28(36)25-15(2)31-26-17(7-9-30-27(25)26)18-11-23(37-3)19(29)12-22(18)38-14-16-5-6-16/h7,9,11-12,16,20-21,31,34H,4-6,8,10,13-14H2,1-3H3,(H,32,36)/t20-,21-/m1/s1. The molecule has 2 aliphatic rings. The van der Waals surface area contributed by atoms with Crippen LogP contribution in [0.15, 0.2) is 24.4 Å². The Bertz CT molecular complexity index is 1370. The number of carbonyl (C=O) groups excluding carboxylic acids is 2. The molecule has 1 aromatic carbocycles. The first-order valence-electron chi connectivity index (χ1n) is 13.0. The molecule has 3 aromatic rings. The number of methoxy groups -OCH3 is 1. The summed E-state index contributed by atoms with van der Waals surface area (Å²) in [6.07, 6.45) is 3.77. The Morgan fingerprint density at radius 1 is 1.24 bits per heavy atom. The lowest BCUT2D eigenvalue weighted by Crippen LogP contribution is -2.55. The lowest BCUT2D eigenvalue weighted by molar-refractivity contribution is -0.134. The second-order valence-electron chi connectivity index (χ2n) is 10.1. The van der Waals surface area contributed by atoms with Crippen LogP contribution >= 0.6 is 0 Å². The van der Waals surface area contributed by atoms with Crippen LogP contribution in [0.25, 0.3) is 22.2 Å². The number of aryl methyl sites for hydroxylation is 1. The number of rotatable bonds is 8. The van der Waals surface area contributed by atoms with Crippen molar-refractivity contribution in [2.24, 2.45) is 5.92 Å². The molecule has 1 aliphatic carbocycles. The zero-order valence-corrected chi connectivity index (χ0v) is 21.8. The second-order valence-corrected chi connectivity index (χ2v) is 10.1. The number of fused-ring (bicyclic) bond motifs is 1. The van der Waals surface area contributed by atoms with E-state index in [2.05, 4.69) is 15.3 Å². The average molecular weight is 525 g/mol. The predicted octanol–water partition coefficient (Wildman–Crippen LogP) is 3.58. The highest BCUT2D eigenvalue weighted by Crippen LogP contribution is 2.40. The molecule has 0 spiro atoms. The maximum Gasteiger partial charge on any atom is 0.255 e. The summed E-state index contributed by atoms with van der Waals surface area (Å²) < 4.78 is 25.8. The number of carbonyl (C=O) groups is 2. The van der Waals surface area contributed by atoms with Gasteiger partial charge >= 0.3 is 0 Å². The molecule has 202 valence electrons. The number of amides is 2. The number of aromatic amines is 1. The van der Waals surface area contributed by atoms with Crippen LogP contribution in [0.4, 0.5) is 4.39 Å². The van der Waals surface area contributed by atoms with Crippen molar-refractivity contribution in [2.45, 2.75) is 51.7 Å². The molecular weight excluding hydrogens is 491 g/mol. The molecule has 1 saturated carbocycles. The molecule has 2 amide bonds. The van der Waals surface area contributed by atoms with Crippen LogP contribution in [0.3, 0.4) is 0 Å². The zero-order valence-electron chi connectivity index (χ0n) is 21.8. The molecule has 5 rings (SSSR count). The second kappa shape index (κ2) is 10.6. The molecule has 0 unspecified atom stereocenters. The number of nitrogens with zero attached hydrogens (tertiary/aromatic N) is 2. The van der Waals surface area contributed by atoms with E-state index >= 15 is 0 Å². The monoisotopic (exact) mass is 524 g/mol. The van der Waals surface area contributed by atoms with Crippen molar-refractivity contribution in [3.63, 3.8) is 0 Å². The first kappa shape index (κ1) is 26.0. The summed E-state index contributed by atoms with van der Waals surface area (Å²) in [5, 5.41) is 13.5. The fourth-order valence-electron chi connectivity index (χ4n) is 5.01. The first-order valence-corrected chi connectivity index (χ1v) is 13.0. The number of pyridine rings is 1. The van der Waals surface area contributed by atoms with Crippen LogP contribution in [0.1, 0.15) is 48.7 Å². The topological polar surface area (TPSA) is 117 Å². The number of hydrogen-bond acceptors (Lipinski definition) is 6. The molecule has 2 aromatic heterocycles. The van der Waals surface area contributed by atoms with E-state index in [4.69, 9.17) is 9.47 Å². The first-order chi connectivity index (χ1) is 18.3. The van der Waals surface area contributed by atoms with Crippen LogP contribution in [0.2, 0.25) is 0 Å². The van der Waals surface area contributed by atoms with Gasteiger partial charge in [-0.2, -0.15) is 0 Å². The van der Waals surface area contributed by atoms with Crippen molar-refractivity contribution < 1.29 is 28.6 Å². The Morgan fingerprint density at radius 2 is 2.03 bits per heavy atom. The van der Waals surface area contributed by atoms with E-state index in [-0.39, 0.29) is 24.1 Å². The molecule has 2 fully saturated rings. The van der Waals surface area contributed by atoms with E-state index < -0.39 is 18.0 Å². The smallest absolute Gasteiger partial charge is 0.255 e. The van der Waals surface area contributed by atoms with Crippen LogP contribution < -0.4 is 14.8 Å². The number of aromatic nitrogens is 2. The van der Waals surface area contributed by atoms with Crippen LogP contribution in [-0.4, -0.2) is 70.7 Å². The maximum absolute atomic E-state index is 14.6. The fourth-order valence-corrected chi connectivity index (χ4v) is 5.01. The Kier molecular flexibility index (Phi) is 7.25. The van der Waals surface area contributed by atoms with Gasteiger partial charge in [-0.05, 0) is 44.2 Å². The molecule has 1 aliphatic heterocycles. The van der Waals surface area contributed by atoms with Crippen molar-refractivity contribution in [3.05, 3.63) is 41.5 Å². The number of ether oxygens (including phenoxy) is 2. The van der Waals surface area contributed by atoms with Crippen molar-refractivity contribution in [1.82, 2.24) is 20.2 Å². The van der Waals surface area contributed by atoms with E-state index in [1.165, 1.54) is 13.2 Å². The number of piperidine rings is 1. The molecule has 3 heterocycles. The van der Waals surface area contributed by atoms with E-state index in [1.807, 2.05) is 0 Å². The molecule has 10 heteroatoms. The molecule has 3 N–H and O–H groups in total. The Morgan fingerprint density at radius 3 is 2.71 bits per heavy atom. The van der Waals surface area contributed by atoms with Crippen LogP contribution in [0.5, 0.6) is 11.5 Å². The Labute approximate surface area is 220 Å². The summed E-state index contributed by atoms with van der Waals surface area (Å²) in [7, 11) is 1.41. The number of aliphatic hydroxyl groups is 1. The van der Waals surface area contributed by atoms with Crippen molar-refractivity contribution in [3.8, 4) is 22.6 Å². The summed E-state index contributed by atoms with van der Waals surface area (Å²) in [6, 6.07) is 4.24. The Hall–Kier alpha value is -3.66. The third-order valence-corrected chi connectivity index (χ3v) is 7.37. The largest absolute Gasteiger partial charge is 0.494 e. The summed E-state index contributed by atoms with van der Waals surface area (Å²) in [6.45, 7) is 4.74. The molecule has 0 radical (unpaired) electrons. The molecule has 1 saturated heterocycles. The van der Waals surface area contributed by atoms with Crippen LogP contribution in [-0.2, 0) is 4.79 Å². The van der Waals surface area contributed by atoms with Gasteiger partial charge in [-0.15, -0.1) is 0 Å². The minimum Gasteiger partial charge on any atom is -0.494 e. The summed E-state index contributed by atoms with van der Waals surface area (Å²) in [5.74, 6) is 0.0796. The van der Waals surface area contributed by atoms with E-state index in [9.17, 15) is 19.1 Å². The van der Waals surface area contributed by atoms with E-state index in [0.717, 1.165) is 12.8 Å². The highest BCUT2D eigenvalue weighted by molar-refractivity contribution is 6.10. The number of H-pyrrole nitrogens is 1. The lowest BCUT2D eigenvalue weighted by atomic mass is 10.0. The third-order valence-electron chi connectivity index (χ3n) is 7.37. The van der Waals surface area contributed by atoms with Gasteiger partial charge in [0.05, 0.1) is 36.9 Å². The van der Waals surface area contributed by atoms with Gasteiger partial charge in [-0.3, -0.25) is 14.6 Å². The molecule has 38 heavy (non-hydrogen) atoms. The normalized spacial score (nSPS) is 19.4. The van der Waals surface area contributed by atoms with E-state index in [1.54, 1.807) is 37.1 Å². The van der Waals surface area contributed by atoms with Gasteiger partial charge in [-0.25, -0.2) is 4.39 Å². The highest BCUT2D eigenvalue weighted by Gasteiger charge is 2.32. The number of aliphatic hydroxyl groups excluding tert-OH is 1. The van der Waals surface area contributed by atoms with Gasteiger partial charge in [0.25, 0.3) is 5.91 Å². The quantitative estimate of drug-likeness (QED) is 0.415. The van der Waals surface area contributed by atoms with Gasteiger partial charge in [0.15, 0.2) is 11.6 Å². The van der Waals surface area contributed by atoms with Gasteiger partial charge in [-0.1, -0.05) is 6.92 Å². The lowest BCUT2D eigenvalue weighted by Gasteiger charge is -2.36. The number of halogens is 1. The van der Waals surface area contributed by atoms with Crippen LogP contribution in [0, 0.1) is 18.7 Å². The predicted molar refractivity (Wildman–Crippen MR) is 140 cm³/mol. The van der Waals surface area contributed by atoms with Gasteiger partial charge in [0, 0.05) is 48.6 Å². The summed E-state index contributed by atoms with van der Waals surface area (Å²) in [4.78, 5) is 34.8.